The fraction of sp³-hybridized carbons (Fsp3) is 0.655. The Labute approximate surface area is 412 Å². The van der Waals surface area contributed by atoms with Gasteiger partial charge in [-0.25, -0.2) is 4.89 Å². The van der Waals surface area contributed by atoms with Gasteiger partial charge < -0.3 is 47.7 Å². The van der Waals surface area contributed by atoms with Crippen molar-refractivity contribution in [1.29, 1.82) is 0 Å². The van der Waals surface area contributed by atoms with Crippen LogP contribution in [0.5, 0.6) is 0 Å². The molecule has 3 aromatic carbocycles. The van der Waals surface area contributed by atoms with Gasteiger partial charge in [-0.3, -0.25) is 9.37 Å². The summed E-state index contributed by atoms with van der Waals surface area (Å²) in [6.07, 6.45) is 4.05. The summed E-state index contributed by atoms with van der Waals surface area (Å²) < 4.78 is 65.3. The van der Waals surface area contributed by atoms with Gasteiger partial charge >= 0.3 is 5.97 Å². The first-order chi connectivity index (χ1) is 33.4. The number of rotatable bonds is 25. The van der Waals surface area contributed by atoms with E-state index in [-0.39, 0.29) is 31.3 Å². The van der Waals surface area contributed by atoms with Crippen LogP contribution in [0.25, 0.3) is 0 Å². The molecule has 4 saturated heterocycles. The fourth-order valence-corrected chi connectivity index (χ4v) is 9.61. The molecule has 0 aliphatic carbocycles. The number of ether oxygens (including phenoxy) is 9. The smallest absolute Gasteiger partial charge is 0.306 e. The van der Waals surface area contributed by atoms with E-state index in [0.29, 0.717) is 6.42 Å². The van der Waals surface area contributed by atoms with Crippen LogP contribution < -0.4 is 0 Å². The van der Waals surface area contributed by atoms with Crippen LogP contribution in [0.2, 0.25) is 18.1 Å². The Hall–Kier alpha value is -3.09. The highest BCUT2D eigenvalue weighted by atomic mass is 28.4. The zero-order chi connectivity index (χ0) is 48.6. The van der Waals surface area contributed by atoms with Gasteiger partial charge in [0.1, 0.15) is 36.6 Å². The summed E-state index contributed by atoms with van der Waals surface area (Å²) in [7, 11) is -2.56. The number of benzene rings is 3. The van der Waals surface area contributed by atoms with Crippen molar-refractivity contribution < 1.29 is 62.0 Å². The minimum absolute atomic E-state index is 0.0801. The van der Waals surface area contributed by atoms with Crippen molar-refractivity contribution >= 4 is 14.3 Å². The molecule has 0 bridgehead atoms. The first-order valence-corrected chi connectivity index (χ1v) is 28.8. The zero-order valence-electron chi connectivity index (χ0n) is 42.0. The molecule has 4 aliphatic rings. The van der Waals surface area contributed by atoms with E-state index in [9.17, 15) is 9.90 Å². The molecule has 0 amide bonds. The summed E-state index contributed by atoms with van der Waals surface area (Å²) in [5.74, 6) is -0.465. The third kappa shape index (κ3) is 15.2. The summed E-state index contributed by atoms with van der Waals surface area (Å²) >= 11 is 0. The molecule has 3 aromatic rings. The molecule has 0 saturated carbocycles. The monoisotopic (exact) mass is 977 g/mol. The van der Waals surface area contributed by atoms with E-state index in [1.807, 2.05) is 91.0 Å². The minimum atomic E-state index is -2.56. The van der Waals surface area contributed by atoms with Crippen molar-refractivity contribution in [3.8, 4) is 0 Å². The molecule has 4 heterocycles. The van der Waals surface area contributed by atoms with E-state index in [2.05, 4.69) is 40.8 Å². The number of aliphatic hydroxyl groups excluding tert-OH is 1. The maximum absolute atomic E-state index is 13.8. The van der Waals surface area contributed by atoms with Gasteiger partial charge in [0.15, 0.2) is 31.1 Å². The summed E-state index contributed by atoms with van der Waals surface area (Å²) in [6, 6.07) is 29.1. The van der Waals surface area contributed by atoms with E-state index in [1.165, 1.54) is 57.8 Å². The lowest BCUT2D eigenvalue weighted by molar-refractivity contribution is -0.439. The maximum atomic E-state index is 13.8. The van der Waals surface area contributed by atoms with Crippen LogP contribution in [0.4, 0.5) is 0 Å². The van der Waals surface area contributed by atoms with E-state index in [0.717, 1.165) is 36.0 Å². The van der Waals surface area contributed by atoms with Crippen molar-refractivity contribution in [2.24, 2.45) is 0 Å². The predicted octanol–water partition coefficient (Wildman–Crippen LogP) is 11.3. The standard InChI is InChI=1S/C55H80O13Si/c1-7-8-9-10-11-12-13-14-15-16-17-18-28-35-44(56)63-48-45(57)46-42(37-59-51(64-46)40-31-24-20-25-32-40)61-53(48)66-54-50(67-68-69(5,6)55(2,3)4)49(58-36-39-29-22-19-23-30-39)47-43(62-54)38-60-52(65-47)41-33-26-21-27-34-41/h19-27,29-34,42-43,45-54,57H,7-18,28,35-38H2,1-6H3/t42-,43-,45+,46-,47-,48-,49+,50-,51?,52?,53-,54-/m1/s1. The molecule has 2 unspecified atom stereocenters. The van der Waals surface area contributed by atoms with Gasteiger partial charge in [0, 0.05) is 17.5 Å². The second-order valence-corrected chi connectivity index (χ2v) is 25.4. The summed E-state index contributed by atoms with van der Waals surface area (Å²) in [5, 5.41) is 12.0. The van der Waals surface area contributed by atoms with Crippen molar-refractivity contribution in [3.05, 3.63) is 108 Å². The van der Waals surface area contributed by atoms with Crippen molar-refractivity contribution in [3.63, 3.8) is 0 Å². The lowest BCUT2D eigenvalue weighted by Crippen LogP contribution is -2.67. The van der Waals surface area contributed by atoms with Gasteiger partial charge in [0.25, 0.3) is 0 Å². The Morgan fingerprint density at radius 1 is 0.623 bits per heavy atom. The Morgan fingerprint density at radius 2 is 1.10 bits per heavy atom. The maximum Gasteiger partial charge on any atom is 0.306 e. The highest BCUT2D eigenvalue weighted by Gasteiger charge is 2.57. The first-order valence-electron chi connectivity index (χ1n) is 25.9. The van der Waals surface area contributed by atoms with E-state index < -0.39 is 88.3 Å². The van der Waals surface area contributed by atoms with Gasteiger partial charge in [0.2, 0.25) is 14.6 Å². The number of aliphatic hydroxyl groups is 1. The highest BCUT2D eigenvalue weighted by Crippen LogP contribution is 2.42. The molecule has 69 heavy (non-hydrogen) atoms. The number of carbonyl (C=O) groups is 1. The van der Waals surface area contributed by atoms with Crippen LogP contribution in [0.3, 0.4) is 0 Å². The summed E-state index contributed by atoms with van der Waals surface area (Å²) in [5.41, 5.74) is 2.58. The molecule has 4 aliphatic heterocycles. The SMILES string of the molecule is CCCCCCCCCCCCCCCC(=O)O[C@H]1[C@@H](O[C@H]2O[C@@H]3COC(c4ccccc4)O[C@H]3[C@H](OCc3ccccc3)[C@H]2OO[Si](C)(C)C(C)(C)C)O[C@@H]2COC(c3ccccc3)O[C@H]2[C@@H]1O. The fourth-order valence-electron chi connectivity index (χ4n) is 9.01. The van der Waals surface area contributed by atoms with Crippen LogP contribution in [-0.4, -0.2) is 94.0 Å². The lowest BCUT2D eigenvalue weighted by atomic mass is 9.96. The summed E-state index contributed by atoms with van der Waals surface area (Å²) in [4.78, 5) is 20.3. The molecule has 13 nitrogen and oxygen atoms in total. The predicted molar refractivity (Wildman–Crippen MR) is 263 cm³/mol. The second-order valence-electron chi connectivity index (χ2n) is 20.7. The molecule has 7 rings (SSSR count). The molecule has 1 N–H and O–H groups in total. The average molecular weight is 977 g/mol. The third-order valence-electron chi connectivity index (χ3n) is 14.2. The number of hydrogen-bond acceptors (Lipinski definition) is 13. The molecule has 0 radical (unpaired) electrons. The van der Waals surface area contributed by atoms with Gasteiger partial charge in [-0.05, 0) is 30.1 Å². The number of fused-ring (bicyclic) bond motifs is 2. The topological polar surface area (TPSA) is 139 Å². The van der Waals surface area contributed by atoms with Gasteiger partial charge in [0.05, 0.1) is 19.8 Å². The van der Waals surface area contributed by atoms with Crippen molar-refractivity contribution in [2.45, 2.75) is 216 Å². The van der Waals surface area contributed by atoms with Crippen molar-refractivity contribution in [2.75, 3.05) is 13.2 Å². The molecule has 0 spiro atoms. The molecular formula is C55H80O13Si. The number of carbonyl (C=O) groups excluding carboxylic acids is 1. The van der Waals surface area contributed by atoms with Crippen LogP contribution in [0.1, 0.15) is 147 Å². The summed E-state index contributed by atoms with van der Waals surface area (Å²) in [6.45, 7) is 13.3. The quantitative estimate of drug-likeness (QED) is 0.0284. The van der Waals surface area contributed by atoms with Gasteiger partial charge in [-0.15, -0.1) is 0 Å². The first kappa shape index (κ1) is 53.7. The Balaban J connectivity index is 1.08. The zero-order valence-corrected chi connectivity index (χ0v) is 43.0. The third-order valence-corrected chi connectivity index (χ3v) is 18.3. The highest BCUT2D eigenvalue weighted by molar-refractivity contribution is 6.73. The molecular weight excluding hydrogens is 897 g/mol. The van der Waals surface area contributed by atoms with Crippen LogP contribution in [0.15, 0.2) is 91.0 Å². The van der Waals surface area contributed by atoms with E-state index in [4.69, 9.17) is 52.1 Å². The van der Waals surface area contributed by atoms with Crippen LogP contribution >= 0.6 is 0 Å². The number of unbranched alkanes of at least 4 members (excludes halogenated alkanes) is 12. The van der Waals surface area contributed by atoms with Crippen molar-refractivity contribution in [1.82, 2.24) is 0 Å². The average Bonchev–Trinajstić information content (AvgIpc) is 3.35. The Kier molecular flexibility index (Phi) is 20.7. The van der Waals surface area contributed by atoms with Crippen LogP contribution in [-0.2, 0) is 63.5 Å². The van der Waals surface area contributed by atoms with Crippen LogP contribution in [0, 0.1) is 0 Å². The number of esters is 1. The Morgan fingerprint density at radius 3 is 1.64 bits per heavy atom. The second kappa shape index (κ2) is 26.6. The lowest BCUT2D eigenvalue weighted by Gasteiger charge is -2.51. The van der Waals surface area contributed by atoms with E-state index in [1.54, 1.807) is 0 Å². The molecule has 4 fully saturated rings. The largest absolute Gasteiger partial charge is 0.454 e. The Bertz CT molecular complexity index is 1920. The van der Waals surface area contributed by atoms with E-state index >= 15 is 0 Å². The molecule has 12 atom stereocenters. The normalized spacial score (nSPS) is 29.5. The van der Waals surface area contributed by atoms with Gasteiger partial charge in [-0.2, -0.15) is 0 Å². The molecule has 14 heteroatoms. The number of hydrogen-bond donors (Lipinski definition) is 1. The van der Waals surface area contributed by atoms with Gasteiger partial charge in [-0.1, -0.05) is 196 Å². The minimum Gasteiger partial charge on any atom is -0.454 e. The molecule has 382 valence electrons. The molecule has 0 aromatic heterocycles.